The Morgan fingerprint density at radius 1 is 1.19 bits per heavy atom. The third-order valence-electron chi connectivity index (χ3n) is 5.96. The molecule has 1 saturated carbocycles. The second-order valence-corrected chi connectivity index (χ2v) is 9.01. The number of aromatic nitrogens is 3. The van der Waals surface area contributed by atoms with E-state index in [0.717, 1.165) is 5.69 Å². The quantitative estimate of drug-likeness (QED) is 0.445. The number of rotatable bonds is 6. The van der Waals surface area contributed by atoms with Crippen LogP contribution in [0.15, 0.2) is 36.0 Å². The van der Waals surface area contributed by atoms with Crippen molar-refractivity contribution in [3.05, 3.63) is 47.6 Å². The molecule has 1 aliphatic carbocycles. The summed E-state index contributed by atoms with van der Waals surface area (Å²) in [6.45, 7) is 11.1. The maximum Gasteiger partial charge on any atom is 0.236 e. The highest BCUT2D eigenvalue weighted by atomic mass is 32.1. The van der Waals surface area contributed by atoms with Gasteiger partial charge in [-0.2, -0.15) is 0 Å². The van der Waals surface area contributed by atoms with Gasteiger partial charge in [-0.3, -0.25) is 4.79 Å². The molecule has 1 aliphatic heterocycles. The summed E-state index contributed by atoms with van der Waals surface area (Å²) in [5, 5.41) is 14.0. The van der Waals surface area contributed by atoms with Gasteiger partial charge in [0.25, 0.3) is 0 Å². The van der Waals surface area contributed by atoms with Gasteiger partial charge in [0, 0.05) is 32.2 Å². The minimum atomic E-state index is -0.322. The van der Waals surface area contributed by atoms with E-state index in [-0.39, 0.29) is 11.7 Å². The van der Waals surface area contributed by atoms with Gasteiger partial charge in [0.05, 0.1) is 35.6 Å². The lowest BCUT2D eigenvalue weighted by molar-refractivity contribution is -0.130. The highest BCUT2D eigenvalue weighted by molar-refractivity contribution is 7.80. The van der Waals surface area contributed by atoms with Crippen molar-refractivity contribution >= 4 is 28.8 Å². The molecule has 2 aromatic rings. The number of thiocarbonyl (C=S) groups is 1. The monoisotopic (exact) mass is 517 g/mol. The molecule has 8 nitrogen and oxygen atoms in total. The number of nitrogens with zero attached hydrogens (tertiary/aromatic N) is 5. The first-order valence-corrected chi connectivity index (χ1v) is 13.1. The van der Waals surface area contributed by atoms with E-state index < -0.39 is 0 Å². The van der Waals surface area contributed by atoms with Crippen LogP contribution in [0.3, 0.4) is 0 Å². The van der Waals surface area contributed by atoms with Crippen LogP contribution < -0.4 is 15.5 Å². The molecule has 2 heterocycles. The lowest BCUT2D eigenvalue weighted by Gasteiger charge is -2.36. The number of piperazine rings is 1. The first kappa shape index (κ1) is 29.4. The minimum Gasteiger partial charge on any atom is -0.374 e. The molecule has 0 atom stereocenters. The van der Waals surface area contributed by atoms with Crippen molar-refractivity contribution in [1.82, 2.24) is 30.5 Å². The van der Waals surface area contributed by atoms with Gasteiger partial charge in [-0.15, -0.1) is 5.10 Å². The number of anilines is 1. The predicted octanol–water partition coefficient (Wildman–Crippen LogP) is 3.85. The van der Waals surface area contributed by atoms with Crippen molar-refractivity contribution in [3.63, 3.8) is 0 Å². The van der Waals surface area contributed by atoms with Gasteiger partial charge in [0.1, 0.15) is 11.5 Å². The second kappa shape index (κ2) is 15.3. The van der Waals surface area contributed by atoms with E-state index in [1.54, 1.807) is 36.7 Å². The predicted molar refractivity (Wildman–Crippen MR) is 148 cm³/mol. The van der Waals surface area contributed by atoms with Crippen LogP contribution in [0.5, 0.6) is 0 Å². The summed E-state index contributed by atoms with van der Waals surface area (Å²) in [4.78, 5) is 16.4. The fraction of sp³-hybridized carbons (Fsp3) is 0.538. The Kier molecular flexibility index (Phi) is 12.5. The molecule has 1 amide bonds. The molecule has 2 aliphatic rings. The van der Waals surface area contributed by atoms with E-state index >= 15 is 0 Å². The standard InChI is InChI=1S/C18H24FN7OS.C6H10.C2H6/c1-13(28)21-10-14-12-26(23-22-14)15-3-4-17(16(19)9-15)24-5-7-25(8-6-24)18(27)11-20-2;1-2-6-4-3-5-6;1-2/h3-4,9,12,20H,5-8,10-11H2,1-2H3,(H,21,28);2H,3-5H2,1H3;1-2H3. The topological polar surface area (TPSA) is 78.3 Å². The van der Waals surface area contributed by atoms with Crippen LogP contribution in [-0.2, 0) is 11.3 Å². The Bertz CT molecular complexity index is 1010. The summed E-state index contributed by atoms with van der Waals surface area (Å²) in [5.41, 5.74) is 3.50. The normalized spacial score (nSPS) is 14.6. The Hall–Kier alpha value is -2.85. The van der Waals surface area contributed by atoms with E-state index in [4.69, 9.17) is 12.2 Å². The molecule has 1 saturated heterocycles. The van der Waals surface area contributed by atoms with Gasteiger partial charge in [-0.25, -0.2) is 9.07 Å². The zero-order valence-electron chi connectivity index (χ0n) is 22.2. The average Bonchev–Trinajstić information content (AvgIpc) is 3.33. The Morgan fingerprint density at radius 3 is 2.39 bits per heavy atom. The smallest absolute Gasteiger partial charge is 0.236 e. The van der Waals surface area contributed by atoms with Crippen molar-refractivity contribution < 1.29 is 9.18 Å². The van der Waals surface area contributed by atoms with Crippen LogP contribution in [0.2, 0.25) is 0 Å². The number of allylic oxidation sites excluding steroid dienone is 2. The number of likely N-dealkylation sites (N-methyl/N-ethyl adjacent to an activating group) is 1. The number of nitrogens with one attached hydrogen (secondary N) is 2. The average molecular weight is 518 g/mol. The van der Waals surface area contributed by atoms with Gasteiger partial charge < -0.3 is 20.4 Å². The lowest BCUT2D eigenvalue weighted by atomic mass is 9.93. The van der Waals surface area contributed by atoms with E-state index in [1.165, 1.54) is 30.0 Å². The Morgan fingerprint density at radius 2 is 1.89 bits per heavy atom. The van der Waals surface area contributed by atoms with Crippen molar-refractivity contribution in [2.24, 2.45) is 0 Å². The van der Waals surface area contributed by atoms with Gasteiger partial charge in [-0.05, 0) is 52.3 Å². The van der Waals surface area contributed by atoms with Gasteiger partial charge >= 0.3 is 0 Å². The summed E-state index contributed by atoms with van der Waals surface area (Å²) in [5.74, 6) is -0.254. The molecule has 4 rings (SSSR count). The Balaban J connectivity index is 0.000000491. The summed E-state index contributed by atoms with van der Waals surface area (Å²) in [6.07, 6.45) is 8.14. The highest BCUT2D eigenvalue weighted by Gasteiger charge is 2.22. The fourth-order valence-corrected chi connectivity index (χ4v) is 3.82. The van der Waals surface area contributed by atoms with Crippen molar-refractivity contribution in [3.8, 4) is 5.69 Å². The fourth-order valence-electron chi connectivity index (χ4n) is 3.74. The third-order valence-corrected chi connectivity index (χ3v) is 6.10. The number of carbonyl (C=O) groups is 1. The number of amides is 1. The molecule has 198 valence electrons. The van der Waals surface area contributed by atoms with Crippen LogP contribution in [0, 0.1) is 5.82 Å². The highest BCUT2D eigenvalue weighted by Crippen LogP contribution is 2.24. The molecule has 10 heteroatoms. The van der Waals surface area contributed by atoms with E-state index in [9.17, 15) is 9.18 Å². The minimum absolute atomic E-state index is 0.0679. The van der Waals surface area contributed by atoms with Crippen LogP contribution in [0.4, 0.5) is 10.1 Å². The molecule has 36 heavy (non-hydrogen) atoms. The maximum absolute atomic E-state index is 14.7. The largest absolute Gasteiger partial charge is 0.374 e. The lowest BCUT2D eigenvalue weighted by Crippen LogP contribution is -2.50. The third kappa shape index (κ3) is 8.67. The van der Waals surface area contributed by atoms with E-state index in [2.05, 4.69) is 33.9 Å². The number of carbonyl (C=O) groups excluding carboxylic acids is 1. The van der Waals surface area contributed by atoms with Crippen LogP contribution in [-0.4, -0.2) is 70.6 Å². The molecule has 2 N–H and O–H groups in total. The number of benzene rings is 1. The molecule has 2 fully saturated rings. The van der Waals surface area contributed by atoms with Crippen molar-refractivity contribution in [2.75, 3.05) is 44.7 Å². The molecule has 0 radical (unpaired) electrons. The zero-order valence-corrected chi connectivity index (χ0v) is 23.0. The van der Waals surface area contributed by atoms with Gasteiger partial charge in [0.15, 0.2) is 0 Å². The number of halogens is 1. The van der Waals surface area contributed by atoms with E-state index in [1.807, 2.05) is 24.8 Å². The first-order chi connectivity index (χ1) is 17.4. The van der Waals surface area contributed by atoms with Crippen LogP contribution in [0.1, 0.15) is 52.7 Å². The summed E-state index contributed by atoms with van der Waals surface area (Å²) in [6, 6.07) is 5.01. The summed E-state index contributed by atoms with van der Waals surface area (Å²) >= 11 is 4.98. The molecule has 1 aromatic heterocycles. The first-order valence-electron chi connectivity index (χ1n) is 12.7. The molecular weight excluding hydrogens is 477 g/mol. The van der Waals surface area contributed by atoms with Crippen LogP contribution in [0.25, 0.3) is 5.69 Å². The maximum atomic E-state index is 14.7. The van der Waals surface area contributed by atoms with Crippen LogP contribution >= 0.6 is 12.2 Å². The SMILES string of the molecule is CC.CC=C1CCC1.CNCC(=O)N1CCN(c2ccc(-n3cc(CNC(C)=S)nn3)cc2F)CC1. The number of hydrogen-bond donors (Lipinski definition) is 2. The van der Waals surface area contributed by atoms with Crippen molar-refractivity contribution in [1.29, 1.82) is 0 Å². The van der Waals surface area contributed by atoms with Gasteiger partial charge in [-0.1, -0.05) is 42.9 Å². The molecular formula is C26H40FN7OS. The molecule has 0 bridgehead atoms. The van der Waals surface area contributed by atoms with E-state index in [0.29, 0.717) is 55.6 Å². The number of hydrogen-bond acceptors (Lipinski definition) is 6. The molecule has 0 unspecified atom stereocenters. The Labute approximate surface area is 219 Å². The molecule has 0 spiro atoms. The summed E-state index contributed by atoms with van der Waals surface area (Å²) < 4.78 is 16.3. The summed E-state index contributed by atoms with van der Waals surface area (Å²) in [7, 11) is 1.75. The van der Waals surface area contributed by atoms with Crippen molar-refractivity contribution in [2.45, 2.75) is 53.5 Å². The second-order valence-electron chi connectivity index (χ2n) is 8.40. The van der Waals surface area contributed by atoms with Gasteiger partial charge in [0.2, 0.25) is 5.91 Å². The molecule has 1 aromatic carbocycles. The zero-order chi connectivity index (χ0) is 26.5.